The van der Waals surface area contributed by atoms with Crippen molar-refractivity contribution in [1.82, 2.24) is 24.6 Å². The first-order chi connectivity index (χ1) is 11.6. The summed E-state index contributed by atoms with van der Waals surface area (Å²) in [5.41, 5.74) is 0.343. The van der Waals surface area contributed by atoms with E-state index in [0.717, 1.165) is 18.7 Å². The van der Waals surface area contributed by atoms with Gasteiger partial charge in [0, 0.05) is 32.3 Å². The average Bonchev–Trinajstić information content (AvgIpc) is 3.06. The van der Waals surface area contributed by atoms with Crippen LogP contribution in [0.3, 0.4) is 0 Å². The van der Waals surface area contributed by atoms with Crippen molar-refractivity contribution in [3.63, 3.8) is 0 Å². The van der Waals surface area contributed by atoms with E-state index in [-0.39, 0.29) is 17.6 Å². The van der Waals surface area contributed by atoms with Crippen molar-refractivity contribution < 1.29 is 9.53 Å². The molecule has 0 spiro atoms. The molecule has 1 atom stereocenters. The molecule has 8 nitrogen and oxygen atoms in total. The molecule has 0 radical (unpaired) electrons. The number of nitrogens with zero attached hydrogens (tertiary/aromatic N) is 4. The van der Waals surface area contributed by atoms with Gasteiger partial charge in [0.25, 0.3) is 5.91 Å². The van der Waals surface area contributed by atoms with Gasteiger partial charge < -0.3 is 14.2 Å². The Hall–Kier alpha value is -2.48. The summed E-state index contributed by atoms with van der Waals surface area (Å²) in [6.07, 6.45) is 3.04. The lowest BCUT2D eigenvalue weighted by molar-refractivity contribution is -0.0267. The fourth-order valence-corrected chi connectivity index (χ4v) is 2.70. The van der Waals surface area contributed by atoms with Gasteiger partial charge in [-0.25, -0.2) is 4.98 Å². The Morgan fingerprint density at radius 3 is 3.04 bits per heavy atom. The smallest absolute Gasteiger partial charge is 0.255 e. The molecule has 1 fully saturated rings. The first-order valence-corrected chi connectivity index (χ1v) is 8.07. The first-order valence-electron chi connectivity index (χ1n) is 8.07. The molecule has 128 valence electrons. The van der Waals surface area contributed by atoms with E-state index in [0.29, 0.717) is 31.1 Å². The van der Waals surface area contributed by atoms with Gasteiger partial charge in [0.1, 0.15) is 11.9 Å². The SMILES string of the molecule is CCCc1nc([C@@H]2CN(C(=O)c3ccc(=O)n(C)c3)CCO2)n[nH]1. The molecule has 1 aliphatic rings. The largest absolute Gasteiger partial charge is 0.366 e. The molecule has 0 unspecified atom stereocenters. The van der Waals surface area contributed by atoms with Crippen LogP contribution in [-0.2, 0) is 18.2 Å². The maximum atomic E-state index is 12.7. The molecular weight excluding hydrogens is 310 g/mol. The van der Waals surface area contributed by atoms with Crippen LogP contribution in [0.5, 0.6) is 0 Å². The van der Waals surface area contributed by atoms with Crippen molar-refractivity contribution in [2.45, 2.75) is 25.9 Å². The van der Waals surface area contributed by atoms with Crippen molar-refractivity contribution >= 4 is 5.91 Å². The Bertz CT molecular complexity index is 782. The third kappa shape index (κ3) is 3.38. The number of ether oxygens (including phenoxy) is 1. The van der Waals surface area contributed by atoms with E-state index in [2.05, 4.69) is 22.1 Å². The minimum atomic E-state index is -0.336. The maximum absolute atomic E-state index is 12.7. The van der Waals surface area contributed by atoms with Crippen LogP contribution in [0.4, 0.5) is 0 Å². The van der Waals surface area contributed by atoms with Crippen LogP contribution in [0.1, 0.15) is 41.5 Å². The number of aromatic nitrogens is 4. The molecule has 0 bridgehead atoms. The number of hydrogen-bond donors (Lipinski definition) is 1. The van der Waals surface area contributed by atoms with Crippen LogP contribution < -0.4 is 5.56 Å². The number of carbonyl (C=O) groups is 1. The highest BCUT2D eigenvalue weighted by atomic mass is 16.5. The van der Waals surface area contributed by atoms with Gasteiger partial charge in [-0.2, -0.15) is 5.10 Å². The molecule has 1 amide bonds. The minimum absolute atomic E-state index is 0.122. The molecule has 1 N–H and O–H groups in total. The Labute approximate surface area is 139 Å². The number of aryl methyl sites for hydroxylation is 2. The molecule has 2 aromatic rings. The zero-order chi connectivity index (χ0) is 17.1. The molecule has 0 saturated carbocycles. The zero-order valence-corrected chi connectivity index (χ0v) is 13.9. The monoisotopic (exact) mass is 331 g/mol. The summed E-state index contributed by atoms with van der Waals surface area (Å²) in [5, 5.41) is 7.12. The first kappa shape index (κ1) is 16.4. The quantitative estimate of drug-likeness (QED) is 0.889. The van der Waals surface area contributed by atoms with Crippen LogP contribution in [0.2, 0.25) is 0 Å². The highest BCUT2D eigenvalue weighted by Gasteiger charge is 2.28. The predicted octanol–water partition coefficient (Wildman–Crippen LogP) is 0.670. The minimum Gasteiger partial charge on any atom is -0.366 e. The second-order valence-corrected chi connectivity index (χ2v) is 5.87. The molecule has 8 heteroatoms. The van der Waals surface area contributed by atoms with Gasteiger partial charge in [0.15, 0.2) is 5.82 Å². The van der Waals surface area contributed by atoms with E-state index in [9.17, 15) is 9.59 Å². The molecule has 3 rings (SSSR count). The van der Waals surface area contributed by atoms with E-state index in [4.69, 9.17) is 4.74 Å². The second-order valence-electron chi connectivity index (χ2n) is 5.87. The van der Waals surface area contributed by atoms with E-state index in [1.54, 1.807) is 24.2 Å². The van der Waals surface area contributed by atoms with Gasteiger partial charge in [-0.1, -0.05) is 6.92 Å². The lowest BCUT2D eigenvalue weighted by Gasteiger charge is -2.31. The second kappa shape index (κ2) is 6.96. The summed E-state index contributed by atoms with van der Waals surface area (Å²) in [6.45, 7) is 3.40. The standard InChI is InChI=1S/C16H21N5O3/c1-3-4-13-17-15(19-18-13)12-10-21(7-8-24-12)16(23)11-5-6-14(22)20(2)9-11/h5-6,9,12H,3-4,7-8,10H2,1-2H3,(H,17,18,19)/t12-/m0/s1. The van der Waals surface area contributed by atoms with Gasteiger partial charge in [-0.3, -0.25) is 14.7 Å². The van der Waals surface area contributed by atoms with Gasteiger partial charge in [0.05, 0.1) is 18.7 Å². The van der Waals surface area contributed by atoms with Crippen LogP contribution >= 0.6 is 0 Å². The van der Waals surface area contributed by atoms with Crippen molar-refractivity contribution in [1.29, 1.82) is 0 Å². The van der Waals surface area contributed by atoms with E-state index >= 15 is 0 Å². The summed E-state index contributed by atoms with van der Waals surface area (Å²) >= 11 is 0. The zero-order valence-electron chi connectivity index (χ0n) is 13.9. The van der Waals surface area contributed by atoms with Gasteiger partial charge in [-0.05, 0) is 12.5 Å². The van der Waals surface area contributed by atoms with Crippen molar-refractivity contribution in [3.05, 3.63) is 45.9 Å². The predicted molar refractivity (Wildman–Crippen MR) is 86.7 cm³/mol. The Morgan fingerprint density at radius 1 is 1.46 bits per heavy atom. The molecule has 1 aliphatic heterocycles. The fraction of sp³-hybridized carbons (Fsp3) is 0.500. The molecule has 0 aromatic carbocycles. The molecular formula is C16H21N5O3. The molecule has 1 saturated heterocycles. The number of morpholine rings is 1. The topological polar surface area (TPSA) is 93.1 Å². The highest BCUT2D eigenvalue weighted by Crippen LogP contribution is 2.20. The summed E-state index contributed by atoms with van der Waals surface area (Å²) in [6, 6.07) is 2.96. The molecule has 3 heterocycles. The summed E-state index contributed by atoms with van der Waals surface area (Å²) < 4.78 is 7.12. The number of pyridine rings is 1. The van der Waals surface area contributed by atoms with E-state index in [1.807, 2.05) is 0 Å². The van der Waals surface area contributed by atoms with Crippen LogP contribution in [0.25, 0.3) is 0 Å². The third-order valence-electron chi connectivity index (χ3n) is 4.01. The number of H-pyrrole nitrogens is 1. The Balaban J connectivity index is 1.73. The van der Waals surface area contributed by atoms with Gasteiger partial charge >= 0.3 is 0 Å². The highest BCUT2D eigenvalue weighted by molar-refractivity contribution is 5.94. The molecule has 0 aliphatic carbocycles. The summed E-state index contributed by atoms with van der Waals surface area (Å²) in [5.74, 6) is 1.29. The van der Waals surface area contributed by atoms with E-state index < -0.39 is 0 Å². The normalized spacial score (nSPS) is 17.9. The maximum Gasteiger partial charge on any atom is 0.255 e. The van der Waals surface area contributed by atoms with Gasteiger partial charge in [0.2, 0.25) is 5.56 Å². The number of carbonyl (C=O) groups excluding carboxylic acids is 1. The lowest BCUT2D eigenvalue weighted by Crippen LogP contribution is -2.42. The number of hydrogen-bond acceptors (Lipinski definition) is 5. The Kier molecular flexibility index (Phi) is 4.75. The van der Waals surface area contributed by atoms with Crippen molar-refractivity contribution in [2.75, 3.05) is 19.7 Å². The fourth-order valence-electron chi connectivity index (χ4n) is 2.70. The van der Waals surface area contributed by atoms with Gasteiger partial charge in [-0.15, -0.1) is 0 Å². The number of amides is 1. The van der Waals surface area contributed by atoms with E-state index in [1.165, 1.54) is 10.6 Å². The lowest BCUT2D eigenvalue weighted by atomic mass is 10.2. The number of aromatic amines is 1. The number of rotatable bonds is 4. The van der Waals surface area contributed by atoms with Crippen LogP contribution in [0.15, 0.2) is 23.1 Å². The Morgan fingerprint density at radius 2 is 2.29 bits per heavy atom. The van der Waals surface area contributed by atoms with Crippen molar-refractivity contribution in [3.8, 4) is 0 Å². The van der Waals surface area contributed by atoms with Crippen LogP contribution in [-0.4, -0.2) is 50.3 Å². The average molecular weight is 331 g/mol. The molecule has 2 aromatic heterocycles. The third-order valence-corrected chi connectivity index (χ3v) is 4.01. The van der Waals surface area contributed by atoms with Crippen molar-refractivity contribution in [2.24, 2.45) is 7.05 Å². The summed E-state index contributed by atoms with van der Waals surface area (Å²) in [4.78, 5) is 30.3. The summed E-state index contributed by atoms with van der Waals surface area (Å²) in [7, 11) is 1.63. The molecule has 24 heavy (non-hydrogen) atoms. The number of nitrogens with one attached hydrogen (secondary N) is 1. The van der Waals surface area contributed by atoms with Crippen LogP contribution in [0, 0.1) is 0 Å².